The molecule has 0 spiro atoms. The molecule has 0 aromatic heterocycles. The van der Waals surface area contributed by atoms with E-state index in [-0.39, 0.29) is 29.3 Å². The maximum atomic E-state index is 12.9. The lowest BCUT2D eigenvalue weighted by Crippen LogP contribution is -2.61. The van der Waals surface area contributed by atoms with Crippen molar-refractivity contribution in [2.24, 2.45) is 0 Å². The smallest absolute Gasteiger partial charge is 0.229 e. The van der Waals surface area contributed by atoms with E-state index in [4.69, 9.17) is 28.4 Å². The second-order valence-corrected chi connectivity index (χ2v) is 10.5. The number of methoxy groups -OCH3 is 1. The monoisotopic (exact) mass is 594 g/mol. The summed E-state index contributed by atoms with van der Waals surface area (Å²) in [4.78, 5) is 12.9. The van der Waals surface area contributed by atoms with Crippen molar-refractivity contribution in [2.75, 3.05) is 13.7 Å². The van der Waals surface area contributed by atoms with Gasteiger partial charge in [-0.15, -0.1) is 0 Å². The van der Waals surface area contributed by atoms with Crippen LogP contribution in [0.2, 0.25) is 0 Å². The summed E-state index contributed by atoms with van der Waals surface area (Å²) in [5.41, 5.74) is 0.668. The van der Waals surface area contributed by atoms with Crippen molar-refractivity contribution in [3.63, 3.8) is 0 Å². The van der Waals surface area contributed by atoms with Gasteiger partial charge in [0.2, 0.25) is 6.29 Å². The van der Waals surface area contributed by atoms with Gasteiger partial charge in [-0.25, -0.2) is 0 Å². The average Bonchev–Trinajstić information content (AvgIpc) is 2.97. The Kier molecular flexibility index (Phi) is 8.89. The molecule has 5 unspecified atom stereocenters. The molecule has 0 saturated carbocycles. The van der Waals surface area contributed by atoms with Crippen LogP contribution in [0.15, 0.2) is 36.4 Å². The Morgan fingerprint density at radius 3 is 2.19 bits per heavy atom. The van der Waals surface area contributed by atoms with E-state index in [1.54, 1.807) is 24.3 Å². The van der Waals surface area contributed by atoms with Gasteiger partial charge in [0, 0.05) is 12.1 Å². The molecule has 42 heavy (non-hydrogen) atoms. The van der Waals surface area contributed by atoms with Crippen molar-refractivity contribution in [3.05, 3.63) is 47.5 Å². The van der Waals surface area contributed by atoms with Gasteiger partial charge in [-0.3, -0.25) is 4.79 Å². The van der Waals surface area contributed by atoms with Crippen molar-refractivity contribution in [1.29, 1.82) is 0 Å². The number of rotatable bonds is 7. The Labute approximate surface area is 240 Å². The minimum absolute atomic E-state index is 0.0164. The Balaban J connectivity index is 1.29. The molecule has 11 atom stereocenters. The maximum absolute atomic E-state index is 12.9. The Morgan fingerprint density at radius 1 is 0.833 bits per heavy atom. The number of aromatic hydroxyl groups is 1. The van der Waals surface area contributed by atoms with Gasteiger partial charge in [-0.05, 0) is 24.6 Å². The largest absolute Gasteiger partial charge is 0.507 e. The van der Waals surface area contributed by atoms with E-state index in [2.05, 4.69) is 0 Å². The summed E-state index contributed by atoms with van der Waals surface area (Å²) >= 11 is 0. The number of phenols is 1. The molecular formula is C28H34O14. The number of carbonyl (C=O) groups excluding carboxylic acids is 1. The van der Waals surface area contributed by atoms with Crippen LogP contribution in [0.1, 0.15) is 35.4 Å². The number of ketones is 1. The molecule has 3 aliphatic rings. The van der Waals surface area contributed by atoms with Crippen molar-refractivity contribution >= 4 is 5.78 Å². The van der Waals surface area contributed by atoms with Gasteiger partial charge in [0.05, 0.1) is 26.2 Å². The first-order valence-corrected chi connectivity index (χ1v) is 13.4. The fraction of sp³-hybridized carbons (Fsp3) is 0.536. The summed E-state index contributed by atoms with van der Waals surface area (Å²) in [6.07, 6.45) is -15.4. The van der Waals surface area contributed by atoms with Gasteiger partial charge in [0.25, 0.3) is 0 Å². The van der Waals surface area contributed by atoms with E-state index in [0.29, 0.717) is 11.3 Å². The number of phenolic OH excluding ortho intramolecular Hbond substituents is 1. The first-order valence-electron chi connectivity index (χ1n) is 13.4. The van der Waals surface area contributed by atoms with Crippen LogP contribution >= 0.6 is 0 Å². The third kappa shape index (κ3) is 5.90. The van der Waals surface area contributed by atoms with E-state index >= 15 is 0 Å². The van der Waals surface area contributed by atoms with E-state index in [0.717, 1.165) is 6.07 Å². The van der Waals surface area contributed by atoms with Crippen LogP contribution in [-0.2, 0) is 14.2 Å². The number of Topliss-reactive ketones (excluding diaryl/α,β-unsaturated/α-hetero) is 1. The van der Waals surface area contributed by atoms with Gasteiger partial charge in [-0.2, -0.15) is 0 Å². The standard InChI is InChI=1S/C28H34O14/c1-11-21(31)23(33)25(35)27(39-11)38-10-19-22(32)24(34)26(36)28(42-19)40-14-7-15(29)20-16(30)9-17(41-18(20)8-14)12-3-5-13(37-2)6-4-12/h3-8,11,17,19,21-29,31-36H,9-10H2,1-2H3/t11?,17?,19?,21-,22+,23+,24+,25?,26?,27+,28+/m0/s1. The van der Waals surface area contributed by atoms with Gasteiger partial charge in [-0.1, -0.05) is 12.1 Å². The minimum Gasteiger partial charge on any atom is -0.507 e. The Bertz CT molecular complexity index is 1250. The molecule has 0 radical (unpaired) electrons. The minimum atomic E-state index is -1.75. The summed E-state index contributed by atoms with van der Waals surface area (Å²) in [5, 5.41) is 72.1. The highest BCUT2D eigenvalue weighted by molar-refractivity contribution is 6.02. The number of ether oxygens (including phenoxy) is 6. The van der Waals surface area contributed by atoms with Crippen molar-refractivity contribution in [1.82, 2.24) is 0 Å². The molecular weight excluding hydrogens is 560 g/mol. The Morgan fingerprint density at radius 2 is 1.50 bits per heavy atom. The highest BCUT2D eigenvalue weighted by Crippen LogP contribution is 2.42. The summed E-state index contributed by atoms with van der Waals surface area (Å²) in [5.74, 6) is -0.190. The third-order valence-electron chi connectivity index (χ3n) is 7.62. The molecule has 7 N–H and O–H groups in total. The van der Waals surface area contributed by atoms with E-state index < -0.39 is 79.9 Å². The van der Waals surface area contributed by atoms with Gasteiger partial charge in [0.15, 0.2) is 12.1 Å². The molecule has 3 aliphatic heterocycles. The summed E-state index contributed by atoms with van der Waals surface area (Å²) in [7, 11) is 1.53. The fourth-order valence-corrected chi connectivity index (χ4v) is 5.11. The van der Waals surface area contributed by atoms with Crippen LogP contribution in [0.5, 0.6) is 23.0 Å². The quantitative estimate of drug-likeness (QED) is 0.208. The van der Waals surface area contributed by atoms with Crippen LogP contribution in [0, 0.1) is 0 Å². The SMILES string of the molecule is COc1ccc(C2CC(=O)c3c(O)cc(O[C@@H]4OC(CO[C@@H]5OC(C)[C@H](O)[C@@H](O)C5O)[C@@H](O)[C@@H](O)C4O)cc3O2)cc1. The zero-order valence-corrected chi connectivity index (χ0v) is 22.7. The summed E-state index contributed by atoms with van der Waals surface area (Å²) < 4.78 is 33.4. The highest BCUT2D eigenvalue weighted by atomic mass is 16.7. The molecule has 0 aliphatic carbocycles. The maximum Gasteiger partial charge on any atom is 0.229 e. The summed E-state index contributed by atoms with van der Waals surface area (Å²) in [6, 6.07) is 9.43. The van der Waals surface area contributed by atoms with Gasteiger partial charge >= 0.3 is 0 Å². The molecule has 2 saturated heterocycles. The summed E-state index contributed by atoms with van der Waals surface area (Å²) in [6.45, 7) is 0.995. The molecule has 0 amide bonds. The van der Waals surface area contributed by atoms with Gasteiger partial charge in [0.1, 0.15) is 77.4 Å². The predicted octanol–water partition coefficient (Wildman–Crippen LogP) is -0.862. The Hall–Kier alpha value is -3.05. The fourth-order valence-electron chi connectivity index (χ4n) is 5.11. The zero-order chi connectivity index (χ0) is 30.3. The van der Waals surface area contributed by atoms with Crippen LogP contribution in [0.3, 0.4) is 0 Å². The van der Waals surface area contributed by atoms with Crippen LogP contribution in [0.25, 0.3) is 0 Å². The number of aliphatic hydroxyl groups is 6. The molecule has 14 heteroatoms. The lowest BCUT2D eigenvalue weighted by molar-refractivity contribution is -0.318. The number of aliphatic hydroxyl groups excluding tert-OH is 6. The second kappa shape index (κ2) is 12.3. The molecule has 2 aromatic rings. The second-order valence-electron chi connectivity index (χ2n) is 10.5. The molecule has 2 aromatic carbocycles. The molecule has 2 fully saturated rings. The lowest BCUT2D eigenvalue weighted by atomic mass is 9.95. The van der Waals surface area contributed by atoms with E-state index in [1.165, 1.54) is 20.1 Å². The first kappa shape index (κ1) is 30.4. The number of carbonyl (C=O) groups is 1. The molecule has 0 bridgehead atoms. The van der Waals surface area contributed by atoms with Crippen LogP contribution in [-0.4, -0.2) is 117 Å². The van der Waals surface area contributed by atoms with Crippen LogP contribution in [0.4, 0.5) is 0 Å². The van der Waals surface area contributed by atoms with E-state index in [1.807, 2.05) is 0 Å². The molecule has 14 nitrogen and oxygen atoms in total. The number of hydrogen-bond donors (Lipinski definition) is 7. The van der Waals surface area contributed by atoms with E-state index in [9.17, 15) is 40.5 Å². The zero-order valence-electron chi connectivity index (χ0n) is 22.7. The van der Waals surface area contributed by atoms with Crippen molar-refractivity contribution in [2.45, 2.75) is 80.9 Å². The highest BCUT2D eigenvalue weighted by Gasteiger charge is 2.47. The number of benzene rings is 2. The third-order valence-corrected chi connectivity index (χ3v) is 7.62. The molecule has 3 heterocycles. The van der Waals surface area contributed by atoms with Crippen molar-refractivity contribution in [3.8, 4) is 23.0 Å². The van der Waals surface area contributed by atoms with Gasteiger partial charge < -0.3 is 64.2 Å². The molecule has 230 valence electrons. The average molecular weight is 595 g/mol. The normalized spacial score (nSPS) is 36.6. The number of hydrogen-bond acceptors (Lipinski definition) is 14. The number of fused-ring (bicyclic) bond motifs is 1. The molecule has 5 rings (SSSR count). The van der Waals surface area contributed by atoms with Crippen molar-refractivity contribution < 1.29 is 69.0 Å². The van der Waals surface area contributed by atoms with Crippen LogP contribution < -0.4 is 14.2 Å². The topological polar surface area (TPSA) is 214 Å². The predicted molar refractivity (Wildman–Crippen MR) is 139 cm³/mol. The first-order chi connectivity index (χ1) is 20.0. The lowest BCUT2D eigenvalue weighted by Gasteiger charge is -2.42.